The molecule has 0 radical (unpaired) electrons. The van der Waals surface area contributed by atoms with Gasteiger partial charge in [-0.15, -0.1) is 11.3 Å². The van der Waals surface area contributed by atoms with Crippen LogP contribution in [0.5, 0.6) is 5.75 Å². The minimum absolute atomic E-state index is 0.172. The smallest absolute Gasteiger partial charge is 0.381 e. The Hall–Kier alpha value is -2.26. The van der Waals surface area contributed by atoms with Crippen LogP contribution in [-0.4, -0.2) is 26.6 Å². The van der Waals surface area contributed by atoms with E-state index in [-0.39, 0.29) is 5.82 Å². The van der Waals surface area contributed by atoms with Gasteiger partial charge < -0.3 is 19.4 Å². The highest BCUT2D eigenvalue weighted by molar-refractivity contribution is 9.10. The Kier molecular flexibility index (Phi) is 4.39. The van der Waals surface area contributed by atoms with Gasteiger partial charge in [-0.2, -0.15) is 0 Å². The molecule has 118 valence electrons. The first-order chi connectivity index (χ1) is 11.1. The van der Waals surface area contributed by atoms with Gasteiger partial charge in [0.25, 0.3) is 0 Å². The number of hydrogen-bond donors (Lipinski definition) is 0. The largest absolute Gasteiger partial charge is 0.496 e. The van der Waals surface area contributed by atoms with Gasteiger partial charge >= 0.3 is 5.82 Å². The normalized spacial score (nSPS) is 10.7. The van der Waals surface area contributed by atoms with Crippen LogP contribution in [0.4, 0.5) is 5.82 Å². The number of benzene rings is 1. The van der Waals surface area contributed by atoms with Crippen molar-refractivity contribution in [2.45, 2.75) is 6.54 Å². The third-order valence-electron chi connectivity index (χ3n) is 3.09. The fourth-order valence-corrected chi connectivity index (χ4v) is 3.26. The predicted molar refractivity (Wildman–Crippen MR) is 89.8 cm³/mol. The average Bonchev–Trinajstić information content (AvgIpc) is 3.17. The first-order valence-electron chi connectivity index (χ1n) is 6.51. The molecule has 2 aromatic heterocycles. The van der Waals surface area contributed by atoms with Crippen LogP contribution in [0, 0.1) is 10.1 Å². The van der Waals surface area contributed by atoms with E-state index in [9.17, 15) is 10.1 Å². The van der Waals surface area contributed by atoms with Gasteiger partial charge in [-0.25, -0.2) is 4.98 Å². The summed E-state index contributed by atoms with van der Waals surface area (Å²) in [5.41, 5.74) is 1.70. The minimum atomic E-state index is -0.519. The monoisotopic (exact) mass is 394 g/mol. The van der Waals surface area contributed by atoms with E-state index in [0.29, 0.717) is 6.54 Å². The average molecular weight is 395 g/mol. The van der Waals surface area contributed by atoms with Gasteiger partial charge in [0.2, 0.25) is 6.33 Å². The zero-order chi connectivity index (χ0) is 16.4. The minimum Gasteiger partial charge on any atom is -0.496 e. The van der Waals surface area contributed by atoms with E-state index in [4.69, 9.17) is 4.74 Å². The highest BCUT2D eigenvalue weighted by Crippen LogP contribution is 2.34. The van der Waals surface area contributed by atoms with Crippen molar-refractivity contribution in [3.05, 3.63) is 56.4 Å². The van der Waals surface area contributed by atoms with Gasteiger partial charge in [-0.1, -0.05) is 15.9 Å². The number of rotatable bonds is 5. The molecule has 0 aliphatic carbocycles. The third kappa shape index (κ3) is 3.40. The van der Waals surface area contributed by atoms with E-state index in [1.807, 2.05) is 23.6 Å². The molecule has 0 aliphatic heterocycles. The molecule has 1 aromatic carbocycles. The van der Waals surface area contributed by atoms with Gasteiger partial charge in [0, 0.05) is 9.85 Å². The number of imidazole rings is 1. The molecule has 0 bridgehead atoms. The number of thiazole rings is 1. The van der Waals surface area contributed by atoms with Crippen molar-refractivity contribution in [1.82, 2.24) is 14.5 Å². The molecule has 0 aliphatic rings. The molecule has 0 atom stereocenters. The summed E-state index contributed by atoms with van der Waals surface area (Å²) >= 11 is 4.94. The van der Waals surface area contributed by atoms with Crippen molar-refractivity contribution < 1.29 is 9.66 Å². The van der Waals surface area contributed by atoms with Gasteiger partial charge in [0.1, 0.15) is 17.0 Å². The zero-order valence-corrected chi connectivity index (χ0v) is 14.4. The lowest BCUT2D eigenvalue weighted by Gasteiger charge is -2.06. The Bertz CT molecular complexity index is 861. The van der Waals surface area contributed by atoms with Gasteiger partial charge in [-0.05, 0) is 28.1 Å². The topological polar surface area (TPSA) is 83.1 Å². The second kappa shape index (κ2) is 6.47. The number of nitrogens with zero attached hydrogens (tertiary/aromatic N) is 4. The molecule has 9 heteroatoms. The molecular formula is C14H11BrN4O3S. The molecule has 0 amide bonds. The van der Waals surface area contributed by atoms with Gasteiger partial charge in [0.15, 0.2) is 0 Å². The molecule has 0 N–H and O–H groups in total. The molecule has 0 saturated carbocycles. The highest BCUT2D eigenvalue weighted by atomic mass is 79.9. The molecule has 3 aromatic rings. The summed E-state index contributed by atoms with van der Waals surface area (Å²) in [6.45, 7) is 0.424. The van der Waals surface area contributed by atoms with E-state index in [0.717, 1.165) is 26.5 Å². The third-order valence-corrected chi connectivity index (χ3v) is 4.51. The Balaban J connectivity index is 1.85. The van der Waals surface area contributed by atoms with Crippen molar-refractivity contribution in [1.29, 1.82) is 0 Å². The predicted octanol–water partition coefficient (Wildman–Crippen LogP) is 3.73. The highest BCUT2D eigenvalue weighted by Gasteiger charge is 2.13. The lowest BCUT2D eigenvalue weighted by atomic mass is 10.2. The van der Waals surface area contributed by atoms with Crippen molar-refractivity contribution in [2.24, 2.45) is 0 Å². The molecule has 23 heavy (non-hydrogen) atoms. The number of halogens is 1. The molecular weight excluding hydrogens is 384 g/mol. The first kappa shape index (κ1) is 15.6. The number of nitro groups is 1. The van der Waals surface area contributed by atoms with Crippen LogP contribution in [0.3, 0.4) is 0 Å². The summed E-state index contributed by atoms with van der Waals surface area (Å²) in [4.78, 5) is 18.4. The van der Waals surface area contributed by atoms with E-state index < -0.39 is 4.92 Å². The number of aromatic nitrogens is 3. The Labute approximate surface area is 143 Å². The molecule has 0 unspecified atom stereocenters. The Morgan fingerprint density at radius 2 is 2.30 bits per heavy atom. The van der Waals surface area contributed by atoms with E-state index in [2.05, 4.69) is 25.9 Å². The van der Waals surface area contributed by atoms with Gasteiger partial charge in [0.05, 0.1) is 24.9 Å². The van der Waals surface area contributed by atoms with Crippen LogP contribution in [0.15, 0.2) is 40.6 Å². The van der Waals surface area contributed by atoms with Crippen molar-refractivity contribution in [3.8, 4) is 16.3 Å². The van der Waals surface area contributed by atoms with Crippen LogP contribution in [0.25, 0.3) is 10.6 Å². The number of methoxy groups -OCH3 is 1. The molecule has 0 fully saturated rings. The SMILES string of the molecule is COc1ccc(Br)cc1-c1nc(Cn2cnc([N+](=O)[O-])c2)cs1. The molecule has 2 heterocycles. The maximum absolute atomic E-state index is 10.7. The summed E-state index contributed by atoms with van der Waals surface area (Å²) in [6.07, 6.45) is 2.82. The Morgan fingerprint density at radius 3 is 3.00 bits per heavy atom. The lowest BCUT2D eigenvalue weighted by Crippen LogP contribution is -1.97. The summed E-state index contributed by atoms with van der Waals surface area (Å²) in [6, 6.07) is 5.73. The van der Waals surface area contributed by atoms with Crippen molar-refractivity contribution in [3.63, 3.8) is 0 Å². The summed E-state index contributed by atoms with van der Waals surface area (Å²) < 4.78 is 7.94. The number of ether oxygens (including phenoxy) is 1. The molecule has 0 saturated heterocycles. The Morgan fingerprint density at radius 1 is 1.48 bits per heavy atom. The summed E-state index contributed by atoms with van der Waals surface area (Å²) in [7, 11) is 1.62. The van der Waals surface area contributed by atoms with Crippen molar-refractivity contribution >= 4 is 33.1 Å². The second-order valence-corrected chi connectivity index (χ2v) is 6.42. The maximum atomic E-state index is 10.7. The van der Waals surface area contributed by atoms with Crippen LogP contribution >= 0.6 is 27.3 Å². The second-order valence-electron chi connectivity index (χ2n) is 4.65. The number of hydrogen-bond acceptors (Lipinski definition) is 6. The van der Waals surface area contributed by atoms with E-state index >= 15 is 0 Å². The van der Waals surface area contributed by atoms with Gasteiger partial charge in [-0.3, -0.25) is 0 Å². The zero-order valence-electron chi connectivity index (χ0n) is 12.0. The van der Waals surface area contributed by atoms with Crippen molar-refractivity contribution in [2.75, 3.05) is 7.11 Å². The van der Waals surface area contributed by atoms with E-state index in [1.54, 1.807) is 11.7 Å². The first-order valence-corrected chi connectivity index (χ1v) is 8.18. The van der Waals surface area contributed by atoms with Crippen LogP contribution in [0.1, 0.15) is 5.69 Å². The van der Waals surface area contributed by atoms with Crippen LogP contribution < -0.4 is 4.74 Å². The summed E-state index contributed by atoms with van der Waals surface area (Å²) in [5, 5.41) is 13.4. The van der Waals surface area contributed by atoms with Crippen LogP contribution in [-0.2, 0) is 6.54 Å². The molecule has 3 rings (SSSR count). The fraction of sp³-hybridized carbons (Fsp3) is 0.143. The molecule has 7 nitrogen and oxygen atoms in total. The maximum Gasteiger partial charge on any atom is 0.381 e. The fourth-order valence-electron chi connectivity index (χ4n) is 2.07. The molecule has 0 spiro atoms. The van der Waals surface area contributed by atoms with E-state index in [1.165, 1.54) is 23.9 Å². The summed E-state index contributed by atoms with van der Waals surface area (Å²) in [5.74, 6) is 0.571. The lowest BCUT2D eigenvalue weighted by molar-refractivity contribution is -0.389. The standard InChI is InChI=1S/C14H11BrN4O3S/c1-22-12-3-2-9(15)4-11(12)14-17-10(7-23-14)5-18-6-13(16-8-18)19(20)21/h2-4,6-8H,5H2,1H3. The van der Waals surface area contributed by atoms with Crippen LogP contribution in [0.2, 0.25) is 0 Å². The quantitative estimate of drug-likeness (QED) is 0.486.